The number of carbonyl (C=O) groups is 1. The number of benzene rings is 1. The average Bonchev–Trinajstić information content (AvgIpc) is 2.81. The minimum atomic E-state index is -0.307. The van der Waals surface area contributed by atoms with Gasteiger partial charge in [-0.1, -0.05) is 48.8 Å². The Kier molecular flexibility index (Phi) is 5.84. The molecule has 2 aromatic rings. The van der Waals surface area contributed by atoms with Gasteiger partial charge >= 0.3 is 5.97 Å². The molecule has 0 saturated heterocycles. The molecule has 3 nitrogen and oxygen atoms in total. The Morgan fingerprint density at radius 1 is 1.27 bits per heavy atom. The predicted octanol–water partition coefficient (Wildman–Crippen LogP) is 5.77. The zero-order chi connectivity index (χ0) is 16.3. The van der Waals surface area contributed by atoms with E-state index in [2.05, 4.69) is 4.98 Å². The lowest BCUT2D eigenvalue weighted by molar-refractivity contribution is 0.0525. The molecule has 0 spiro atoms. The number of rotatable bonds is 5. The zero-order valence-electron chi connectivity index (χ0n) is 12.6. The van der Waals surface area contributed by atoms with Crippen LogP contribution in [0.5, 0.6) is 0 Å². The number of aromatic amines is 1. The first-order valence-electron chi connectivity index (χ1n) is 6.94. The van der Waals surface area contributed by atoms with Crippen LogP contribution >= 0.6 is 35.0 Å². The van der Waals surface area contributed by atoms with Crippen molar-refractivity contribution in [2.75, 3.05) is 6.61 Å². The van der Waals surface area contributed by atoms with E-state index in [4.69, 9.17) is 27.9 Å². The molecule has 0 aliphatic heterocycles. The van der Waals surface area contributed by atoms with Gasteiger partial charge in [-0.25, -0.2) is 4.79 Å². The number of aromatic nitrogens is 1. The van der Waals surface area contributed by atoms with Crippen molar-refractivity contribution < 1.29 is 9.53 Å². The zero-order valence-corrected chi connectivity index (χ0v) is 14.9. The molecule has 1 aromatic heterocycles. The van der Waals surface area contributed by atoms with E-state index in [0.29, 0.717) is 22.2 Å². The normalized spacial score (nSPS) is 11.0. The molecule has 0 unspecified atom stereocenters. The van der Waals surface area contributed by atoms with Crippen molar-refractivity contribution in [3.63, 3.8) is 0 Å². The van der Waals surface area contributed by atoms with E-state index in [1.54, 1.807) is 19.2 Å². The van der Waals surface area contributed by atoms with Gasteiger partial charge in [0, 0.05) is 26.7 Å². The molecule has 0 amide bonds. The lowest BCUT2D eigenvalue weighted by Gasteiger charge is -2.10. The number of carbonyl (C=O) groups excluding carboxylic acids is 1. The molecule has 6 heteroatoms. The standard InChI is InChI=1S/C16H17Cl2NO2S/c1-4-21-16(20)13-8-19-15(14(13)9(2)3)22-12-6-10(17)5-11(18)7-12/h5-9,19H,4H2,1-3H3. The van der Waals surface area contributed by atoms with Crippen LogP contribution in [0.4, 0.5) is 0 Å². The van der Waals surface area contributed by atoms with Crippen LogP contribution in [0.15, 0.2) is 34.3 Å². The van der Waals surface area contributed by atoms with Crippen molar-refractivity contribution >= 4 is 40.9 Å². The summed E-state index contributed by atoms with van der Waals surface area (Å²) in [4.78, 5) is 16.1. The summed E-state index contributed by atoms with van der Waals surface area (Å²) in [5.74, 6) is -0.124. The molecular weight excluding hydrogens is 341 g/mol. The van der Waals surface area contributed by atoms with Crippen LogP contribution in [0, 0.1) is 0 Å². The molecule has 0 radical (unpaired) electrons. The molecule has 0 fully saturated rings. The second-order valence-corrected chi connectivity index (χ2v) is 6.98. The van der Waals surface area contributed by atoms with Crippen LogP contribution in [0.25, 0.3) is 0 Å². The number of halogens is 2. The summed E-state index contributed by atoms with van der Waals surface area (Å²) >= 11 is 13.6. The van der Waals surface area contributed by atoms with Gasteiger partial charge in [0.25, 0.3) is 0 Å². The van der Waals surface area contributed by atoms with Crippen molar-refractivity contribution in [3.8, 4) is 0 Å². The van der Waals surface area contributed by atoms with Crippen molar-refractivity contribution in [2.45, 2.75) is 36.6 Å². The van der Waals surface area contributed by atoms with E-state index in [1.807, 2.05) is 26.0 Å². The molecular formula is C16H17Cl2NO2S. The summed E-state index contributed by atoms with van der Waals surface area (Å²) in [5.41, 5.74) is 1.52. The Morgan fingerprint density at radius 3 is 2.45 bits per heavy atom. The number of esters is 1. The van der Waals surface area contributed by atoms with Crippen LogP contribution in [0.1, 0.15) is 42.6 Å². The number of H-pyrrole nitrogens is 1. The van der Waals surface area contributed by atoms with Gasteiger partial charge in [0.1, 0.15) is 0 Å². The maximum atomic E-state index is 12.1. The van der Waals surface area contributed by atoms with Crippen molar-refractivity contribution in [2.24, 2.45) is 0 Å². The SMILES string of the molecule is CCOC(=O)c1c[nH]c(Sc2cc(Cl)cc(Cl)c2)c1C(C)C. The molecule has 0 saturated carbocycles. The molecule has 22 heavy (non-hydrogen) atoms. The highest BCUT2D eigenvalue weighted by atomic mass is 35.5. The van der Waals surface area contributed by atoms with Crippen molar-refractivity contribution in [3.05, 3.63) is 45.6 Å². The fraction of sp³-hybridized carbons (Fsp3) is 0.312. The maximum Gasteiger partial charge on any atom is 0.339 e. The number of nitrogens with one attached hydrogen (secondary N) is 1. The van der Waals surface area contributed by atoms with E-state index in [-0.39, 0.29) is 11.9 Å². The van der Waals surface area contributed by atoms with Crippen LogP contribution in [0.2, 0.25) is 10.0 Å². The monoisotopic (exact) mass is 357 g/mol. The summed E-state index contributed by atoms with van der Waals surface area (Å²) < 4.78 is 5.11. The third-order valence-electron chi connectivity index (χ3n) is 3.01. The van der Waals surface area contributed by atoms with Gasteiger partial charge in [-0.2, -0.15) is 0 Å². The largest absolute Gasteiger partial charge is 0.462 e. The molecule has 2 rings (SSSR count). The van der Waals surface area contributed by atoms with Crippen LogP contribution in [-0.2, 0) is 4.74 Å². The van der Waals surface area contributed by atoms with Gasteiger partial charge in [-0.05, 0) is 31.0 Å². The third-order valence-corrected chi connectivity index (χ3v) is 4.46. The summed E-state index contributed by atoms with van der Waals surface area (Å²) in [6, 6.07) is 5.37. The topological polar surface area (TPSA) is 42.1 Å². The Hall–Kier alpha value is -1.10. The van der Waals surface area contributed by atoms with Gasteiger partial charge in [-0.3, -0.25) is 0 Å². The van der Waals surface area contributed by atoms with E-state index < -0.39 is 0 Å². The molecule has 118 valence electrons. The van der Waals surface area contributed by atoms with E-state index >= 15 is 0 Å². The molecule has 0 atom stereocenters. The molecule has 0 aliphatic carbocycles. The molecule has 1 heterocycles. The predicted molar refractivity (Wildman–Crippen MR) is 91.4 cm³/mol. The van der Waals surface area contributed by atoms with E-state index in [0.717, 1.165) is 15.5 Å². The van der Waals surface area contributed by atoms with Gasteiger partial charge in [0.15, 0.2) is 0 Å². The Labute approximate surface area is 144 Å². The molecule has 0 bridgehead atoms. The first kappa shape index (κ1) is 17.3. The fourth-order valence-electron chi connectivity index (χ4n) is 2.16. The number of ether oxygens (including phenoxy) is 1. The molecule has 0 aliphatic rings. The molecule has 1 aromatic carbocycles. The van der Waals surface area contributed by atoms with Gasteiger partial charge in [-0.15, -0.1) is 0 Å². The number of hydrogen-bond acceptors (Lipinski definition) is 3. The Bertz CT molecular complexity index is 663. The van der Waals surface area contributed by atoms with Crippen molar-refractivity contribution in [1.29, 1.82) is 0 Å². The van der Waals surface area contributed by atoms with Crippen molar-refractivity contribution in [1.82, 2.24) is 4.98 Å². The third kappa shape index (κ3) is 4.00. The maximum absolute atomic E-state index is 12.1. The smallest absolute Gasteiger partial charge is 0.339 e. The van der Waals surface area contributed by atoms with Crippen LogP contribution < -0.4 is 0 Å². The van der Waals surface area contributed by atoms with E-state index in [1.165, 1.54) is 11.8 Å². The highest BCUT2D eigenvalue weighted by molar-refractivity contribution is 7.99. The highest BCUT2D eigenvalue weighted by Crippen LogP contribution is 2.37. The van der Waals surface area contributed by atoms with Gasteiger partial charge in [0.2, 0.25) is 0 Å². The quantitative estimate of drug-likeness (QED) is 0.690. The molecule has 1 N–H and O–H groups in total. The Morgan fingerprint density at radius 2 is 1.91 bits per heavy atom. The van der Waals surface area contributed by atoms with E-state index in [9.17, 15) is 4.79 Å². The lowest BCUT2D eigenvalue weighted by Crippen LogP contribution is -2.07. The minimum Gasteiger partial charge on any atom is -0.462 e. The highest BCUT2D eigenvalue weighted by Gasteiger charge is 2.21. The summed E-state index contributed by atoms with van der Waals surface area (Å²) in [6.07, 6.45) is 1.70. The second kappa shape index (κ2) is 7.44. The first-order chi connectivity index (χ1) is 10.4. The lowest BCUT2D eigenvalue weighted by atomic mass is 10.0. The number of hydrogen-bond donors (Lipinski definition) is 1. The first-order valence-corrected chi connectivity index (χ1v) is 8.52. The fourth-order valence-corrected chi connectivity index (χ4v) is 3.99. The minimum absolute atomic E-state index is 0.183. The second-order valence-electron chi connectivity index (χ2n) is 5.03. The summed E-state index contributed by atoms with van der Waals surface area (Å²) in [6.45, 7) is 6.24. The average molecular weight is 358 g/mol. The van der Waals surface area contributed by atoms with Crippen LogP contribution in [-0.4, -0.2) is 17.6 Å². The Balaban J connectivity index is 2.37. The van der Waals surface area contributed by atoms with Gasteiger partial charge < -0.3 is 9.72 Å². The van der Waals surface area contributed by atoms with Gasteiger partial charge in [0.05, 0.1) is 17.2 Å². The summed E-state index contributed by atoms with van der Waals surface area (Å²) in [7, 11) is 0. The van der Waals surface area contributed by atoms with Crippen LogP contribution in [0.3, 0.4) is 0 Å². The summed E-state index contributed by atoms with van der Waals surface area (Å²) in [5, 5.41) is 2.06.